The van der Waals surface area contributed by atoms with E-state index < -0.39 is 11.2 Å². The van der Waals surface area contributed by atoms with Gasteiger partial charge in [0, 0.05) is 26.3 Å². The van der Waals surface area contributed by atoms with Crippen molar-refractivity contribution in [3.63, 3.8) is 0 Å². The minimum Gasteiger partial charge on any atom is -0.349 e. The van der Waals surface area contributed by atoms with E-state index in [1.54, 1.807) is 7.05 Å². The van der Waals surface area contributed by atoms with E-state index in [4.69, 9.17) is 0 Å². The minimum absolute atomic E-state index is 0.0948. The number of carbonyl (C=O) groups is 1. The van der Waals surface area contributed by atoms with Crippen molar-refractivity contribution < 1.29 is 4.79 Å². The van der Waals surface area contributed by atoms with Crippen molar-refractivity contribution in [1.82, 2.24) is 24.8 Å². The minimum atomic E-state index is -0.453. The molecule has 3 heterocycles. The molecule has 2 N–H and O–H groups in total. The molecule has 2 atom stereocenters. The van der Waals surface area contributed by atoms with Crippen molar-refractivity contribution >= 4 is 16.9 Å². The maximum absolute atomic E-state index is 12.5. The first-order valence-corrected chi connectivity index (χ1v) is 7.97. The lowest BCUT2D eigenvalue weighted by atomic mass is 9.95. The smallest absolute Gasteiger partial charge is 0.332 e. The van der Waals surface area contributed by atoms with E-state index in [-0.39, 0.29) is 23.0 Å². The molecule has 8 heteroatoms. The Balaban J connectivity index is 1.97. The van der Waals surface area contributed by atoms with E-state index in [0.29, 0.717) is 11.5 Å². The van der Waals surface area contributed by atoms with Crippen molar-refractivity contribution in [3.8, 4) is 0 Å². The molecule has 1 aliphatic heterocycles. The maximum atomic E-state index is 12.5. The first kappa shape index (κ1) is 16.4. The molecule has 0 radical (unpaired) electrons. The van der Waals surface area contributed by atoms with Crippen LogP contribution in [0.1, 0.15) is 23.7 Å². The third-order valence-electron chi connectivity index (χ3n) is 4.66. The van der Waals surface area contributed by atoms with Crippen LogP contribution in [0, 0.1) is 5.92 Å². The lowest BCUT2D eigenvalue weighted by Gasteiger charge is -2.30. The van der Waals surface area contributed by atoms with Crippen LogP contribution >= 0.6 is 0 Å². The van der Waals surface area contributed by atoms with Crippen molar-refractivity contribution in [2.45, 2.75) is 19.4 Å². The van der Waals surface area contributed by atoms with E-state index in [1.807, 2.05) is 0 Å². The Morgan fingerprint density at radius 2 is 2.08 bits per heavy atom. The van der Waals surface area contributed by atoms with Crippen molar-refractivity contribution in [3.05, 3.63) is 38.7 Å². The molecule has 2 aromatic heterocycles. The maximum Gasteiger partial charge on any atom is 0.332 e. The largest absolute Gasteiger partial charge is 0.349 e. The second-order valence-corrected chi connectivity index (χ2v) is 6.35. The lowest BCUT2D eigenvalue weighted by molar-refractivity contribution is 0.0914. The monoisotopic (exact) mass is 331 g/mol. The molecule has 1 saturated heterocycles. The molecule has 24 heavy (non-hydrogen) atoms. The Bertz CT molecular complexity index is 914. The molecule has 8 nitrogen and oxygen atoms in total. The normalized spacial score (nSPS) is 21.0. The molecular weight excluding hydrogens is 310 g/mol. The fourth-order valence-electron chi connectivity index (χ4n) is 3.07. The summed E-state index contributed by atoms with van der Waals surface area (Å²) in [7, 11) is 2.96. The van der Waals surface area contributed by atoms with E-state index in [2.05, 4.69) is 22.5 Å². The highest BCUT2D eigenvalue weighted by atomic mass is 16.2. The van der Waals surface area contributed by atoms with E-state index in [0.717, 1.165) is 24.1 Å². The van der Waals surface area contributed by atoms with Gasteiger partial charge in [0.15, 0.2) is 0 Å². The quantitative estimate of drug-likeness (QED) is 0.763. The summed E-state index contributed by atoms with van der Waals surface area (Å²) in [6.07, 6.45) is 2.27. The molecule has 3 rings (SSSR count). The first-order chi connectivity index (χ1) is 11.4. The van der Waals surface area contributed by atoms with Gasteiger partial charge in [-0.15, -0.1) is 0 Å². The second kappa shape index (κ2) is 6.20. The molecule has 1 aliphatic rings. The van der Waals surface area contributed by atoms with Crippen LogP contribution in [0.5, 0.6) is 0 Å². The van der Waals surface area contributed by atoms with Gasteiger partial charge in [0.1, 0.15) is 5.65 Å². The van der Waals surface area contributed by atoms with Gasteiger partial charge >= 0.3 is 5.69 Å². The first-order valence-electron chi connectivity index (χ1n) is 7.97. The summed E-state index contributed by atoms with van der Waals surface area (Å²) >= 11 is 0. The Labute approximate surface area is 138 Å². The number of fused-ring (bicyclic) bond motifs is 1. The van der Waals surface area contributed by atoms with Crippen molar-refractivity contribution in [2.75, 3.05) is 13.1 Å². The molecule has 2 aromatic rings. The molecule has 0 saturated carbocycles. The topological polar surface area (TPSA) is 98.0 Å². The van der Waals surface area contributed by atoms with E-state index in [9.17, 15) is 14.4 Å². The second-order valence-electron chi connectivity index (χ2n) is 6.35. The average molecular weight is 331 g/mol. The highest BCUT2D eigenvalue weighted by Crippen LogP contribution is 2.12. The highest BCUT2D eigenvalue weighted by molar-refractivity contribution is 5.96. The number of nitrogens with zero attached hydrogens (tertiary/aromatic N) is 3. The molecule has 0 bridgehead atoms. The fraction of sp³-hybridized carbons (Fsp3) is 0.500. The zero-order chi connectivity index (χ0) is 17.4. The van der Waals surface area contributed by atoms with Crippen LogP contribution in [0.25, 0.3) is 11.0 Å². The number of carbonyl (C=O) groups excluding carboxylic acids is 1. The van der Waals surface area contributed by atoms with Gasteiger partial charge < -0.3 is 10.6 Å². The number of aryl methyl sites for hydroxylation is 1. The average Bonchev–Trinajstić information content (AvgIpc) is 2.59. The number of nitrogens with one attached hydrogen (secondary N) is 2. The van der Waals surface area contributed by atoms with Gasteiger partial charge in [-0.05, 0) is 31.5 Å². The van der Waals surface area contributed by atoms with Crippen LogP contribution in [0.3, 0.4) is 0 Å². The van der Waals surface area contributed by atoms with Crippen LogP contribution in [0.2, 0.25) is 0 Å². The molecule has 2 unspecified atom stereocenters. The Morgan fingerprint density at radius 1 is 1.33 bits per heavy atom. The van der Waals surface area contributed by atoms with Crippen LogP contribution < -0.4 is 21.9 Å². The summed E-state index contributed by atoms with van der Waals surface area (Å²) in [6, 6.07) is 1.60. The predicted molar refractivity (Wildman–Crippen MR) is 90.1 cm³/mol. The third-order valence-corrected chi connectivity index (χ3v) is 4.66. The van der Waals surface area contributed by atoms with Crippen molar-refractivity contribution in [1.29, 1.82) is 0 Å². The van der Waals surface area contributed by atoms with Gasteiger partial charge in [0.25, 0.3) is 11.5 Å². The van der Waals surface area contributed by atoms with Crippen molar-refractivity contribution in [2.24, 2.45) is 20.0 Å². The fourth-order valence-corrected chi connectivity index (χ4v) is 3.07. The van der Waals surface area contributed by atoms with Crippen LogP contribution in [0.15, 0.2) is 21.9 Å². The van der Waals surface area contributed by atoms with Gasteiger partial charge in [-0.2, -0.15) is 0 Å². The van der Waals surface area contributed by atoms with Gasteiger partial charge in [0.05, 0.1) is 10.9 Å². The van der Waals surface area contributed by atoms with Crippen LogP contribution in [-0.4, -0.2) is 39.2 Å². The summed E-state index contributed by atoms with van der Waals surface area (Å²) in [4.78, 5) is 40.9. The van der Waals surface area contributed by atoms with E-state index in [1.165, 1.54) is 23.9 Å². The lowest BCUT2D eigenvalue weighted by Crippen LogP contribution is -2.48. The zero-order valence-corrected chi connectivity index (χ0v) is 14.0. The van der Waals surface area contributed by atoms with Gasteiger partial charge in [-0.25, -0.2) is 9.78 Å². The molecule has 1 fully saturated rings. The number of rotatable bonds is 2. The van der Waals surface area contributed by atoms with E-state index >= 15 is 0 Å². The predicted octanol–water partition coefficient (Wildman–Crippen LogP) is -0.640. The summed E-state index contributed by atoms with van der Waals surface area (Å²) in [5.41, 5.74) is -0.301. The summed E-state index contributed by atoms with van der Waals surface area (Å²) in [5, 5.41) is 6.56. The number of piperidine rings is 1. The SMILES string of the molecule is CC1CNCCC1NC(=O)c1cnc2c(c1)c(=O)n(C)c(=O)n2C. The summed E-state index contributed by atoms with van der Waals surface area (Å²) < 4.78 is 2.31. The molecule has 128 valence electrons. The van der Waals surface area contributed by atoms with Gasteiger partial charge in [-0.1, -0.05) is 6.92 Å². The number of amides is 1. The molecular formula is C16H21N5O3. The standard InChI is InChI=1S/C16H21N5O3/c1-9-7-17-5-4-12(9)19-14(22)10-6-11-13(18-8-10)20(2)16(24)21(3)15(11)23/h6,8-9,12,17H,4-5,7H2,1-3H3,(H,19,22). The number of aromatic nitrogens is 3. The molecule has 0 spiro atoms. The zero-order valence-electron chi connectivity index (χ0n) is 14.0. The number of hydrogen-bond donors (Lipinski definition) is 2. The molecule has 0 aliphatic carbocycles. The van der Waals surface area contributed by atoms with Gasteiger partial charge in [0.2, 0.25) is 0 Å². The Morgan fingerprint density at radius 3 is 2.79 bits per heavy atom. The van der Waals surface area contributed by atoms with Crippen LogP contribution in [0.4, 0.5) is 0 Å². The third kappa shape index (κ3) is 2.73. The summed E-state index contributed by atoms with van der Waals surface area (Å²) in [5.74, 6) is 0.0869. The molecule has 1 amide bonds. The summed E-state index contributed by atoms with van der Waals surface area (Å²) in [6.45, 7) is 3.82. The van der Waals surface area contributed by atoms with Gasteiger partial charge in [-0.3, -0.25) is 18.7 Å². The Hall–Kier alpha value is -2.48. The highest BCUT2D eigenvalue weighted by Gasteiger charge is 2.23. The number of pyridine rings is 1. The van der Waals surface area contributed by atoms with Crippen LogP contribution in [-0.2, 0) is 14.1 Å². The molecule has 0 aromatic carbocycles. The Kier molecular flexibility index (Phi) is 4.23. The number of hydrogen-bond acceptors (Lipinski definition) is 5.